The van der Waals surface area contributed by atoms with Crippen LogP contribution in [0, 0.1) is 0 Å². The Kier molecular flexibility index (Phi) is 3.50. The minimum atomic E-state index is 0.493. The number of piperidine rings is 1. The third-order valence-corrected chi connectivity index (χ3v) is 3.71. The molecule has 0 radical (unpaired) electrons. The Hall–Kier alpha value is -0.600. The molecule has 0 amide bonds. The highest BCUT2D eigenvalue weighted by molar-refractivity contribution is 6.39. The second-order valence-corrected chi connectivity index (χ2v) is 5.19. The zero-order valence-electron chi connectivity index (χ0n) is 9.34. The van der Waals surface area contributed by atoms with Crippen LogP contribution in [0.1, 0.15) is 26.2 Å². The van der Waals surface area contributed by atoms with Crippen LogP contribution in [0.25, 0.3) is 0 Å². The molecule has 0 unspecified atom stereocenters. The summed E-state index contributed by atoms with van der Waals surface area (Å²) in [6.07, 6.45) is 3.67. The summed E-state index contributed by atoms with van der Waals surface area (Å²) in [5, 5.41) is 1.30. The summed E-state index contributed by atoms with van der Waals surface area (Å²) in [5.41, 5.74) is 7.25. The number of hydrogen-bond donors (Lipinski definition) is 1. The summed E-state index contributed by atoms with van der Waals surface area (Å²) in [6, 6.07) is 4.03. The third-order valence-electron chi connectivity index (χ3n) is 3.13. The fourth-order valence-corrected chi connectivity index (χ4v) is 3.01. The topological polar surface area (TPSA) is 29.3 Å². The van der Waals surface area contributed by atoms with E-state index in [0.717, 1.165) is 12.2 Å². The van der Waals surface area contributed by atoms with Gasteiger partial charge in [-0.1, -0.05) is 23.2 Å². The van der Waals surface area contributed by atoms with Crippen molar-refractivity contribution in [2.75, 3.05) is 17.2 Å². The van der Waals surface area contributed by atoms with Crippen LogP contribution in [0.5, 0.6) is 0 Å². The van der Waals surface area contributed by atoms with Gasteiger partial charge in [-0.25, -0.2) is 0 Å². The van der Waals surface area contributed by atoms with Crippen molar-refractivity contribution in [2.45, 2.75) is 32.2 Å². The molecule has 2 nitrogen and oxygen atoms in total. The largest absolute Gasteiger partial charge is 0.399 e. The predicted octanol–water partition coefficient (Wildman–Crippen LogP) is 3.95. The standard InChI is InChI=1S/C12H16Cl2N2/c1-8-4-2-3-5-16(8)12-10(13)6-9(15)7-11(12)14/h6-8H,2-5,15H2,1H3/t8-/m0/s1. The first-order valence-electron chi connectivity index (χ1n) is 5.60. The average molecular weight is 259 g/mol. The highest BCUT2D eigenvalue weighted by Gasteiger charge is 2.22. The number of benzene rings is 1. The molecule has 88 valence electrons. The molecule has 0 bridgehead atoms. The predicted molar refractivity (Wildman–Crippen MR) is 71.5 cm³/mol. The molecule has 1 heterocycles. The van der Waals surface area contributed by atoms with Gasteiger partial charge in [0.15, 0.2) is 0 Å². The highest BCUT2D eigenvalue weighted by atomic mass is 35.5. The summed E-state index contributed by atoms with van der Waals surface area (Å²) in [5.74, 6) is 0. The summed E-state index contributed by atoms with van der Waals surface area (Å²) >= 11 is 12.5. The van der Waals surface area contributed by atoms with Crippen molar-refractivity contribution in [1.29, 1.82) is 0 Å². The van der Waals surface area contributed by atoms with E-state index < -0.39 is 0 Å². The van der Waals surface area contributed by atoms with Gasteiger partial charge in [0.2, 0.25) is 0 Å². The van der Waals surface area contributed by atoms with Crippen LogP contribution in [-0.4, -0.2) is 12.6 Å². The number of rotatable bonds is 1. The Bertz CT molecular complexity index is 370. The van der Waals surface area contributed by atoms with Gasteiger partial charge in [0.1, 0.15) is 0 Å². The maximum Gasteiger partial charge on any atom is 0.0748 e. The van der Waals surface area contributed by atoms with Gasteiger partial charge in [-0.15, -0.1) is 0 Å². The molecule has 16 heavy (non-hydrogen) atoms. The van der Waals surface area contributed by atoms with Crippen molar-refractivity contribution in [3.05, 3.63) is 22.2 Å². The van der Waals surface area contributed by atoms with E-state index in [1.165, 1.54) is 19.3 Å². The lowest BCUT2D eigenvalue weighted by Gasteiger charge is -2.36. The SMILES string of the molecule is C[C@H]1CCCCN1c1c(Cl)cc(N)cc1Cl. The molecular weight excluding hydrogens is 243 g/mol. The van der Waals surface area contributed by atoms with E-state index in [0.29, 0.717) is 21.8 Å². The minimum Gasteiger partial charge on any atom is -0.399 e. The molecule has 0 saturated carbocycles. The average Bonchev–Trinajstić information content (AvgIpc) is 2.19. The van der Waals surface area contributed by atoms with Gasteiger partial charge in [-0.3, -0.25) is 0 Å². The number of nitrogens with zero attached hydrogens (tertiary/aromatic N) is 1. The molecule has 1 aromatic carbocycles. The summed E-state index contributed by atoms with van der Waals surface area (Å²) in [7, 11) is 0. The van der Waals surface area contributed by atoms with E-state index in [2.05, 4.69) is 11.8 Å². The summed E-state index contributed by atoms with van der Waals surface area (Å²) in [4.78, 5) is 2.29. The first-order chi connectivity index (χ1) is 7.59. The summed E-state index contributed by atoms with van der Waals surface area (Å²) in [6.45, 7) is 3.23. The third kappa shape index (κ3) is 2.23. The molecule has 0 aliphatic carbocycles. The second-order valence-electron chi connectivity index (χ2n) is 4.37. The van der Waals surface area contributed by atoms with E-state index in [9.17, 15) is 0 Å². The van der Waals surface area contributed by atoms with Crippen molar-refractivity contribution < 1.29 is 0 Å². The fraction of sp³-hybridized carbons (Fsp3) is 0.500. The number of anilines is 2. The fourth-order valence-electron chi connectivity index (χ4n) is 2.29. The molecule has 1 saturated heterocycles. The zero-order chi connectivity index (χ0) is 11.7. The number of hydrogen-bond acceptors (Lipinski definition) is 2. The molecule has 4 heteroatoms. The molecule has 2 rings (SSSR count). The van der Waals surface area contributed by atoms with E-state index in [4.69, 9.17) is 28.9 Å². The molecule has 0 aromatic heterocycles. The first kappa shape index (κ1) is 11.9. The molecule has 0 spiro atoms. The van der Waals surface area contributed by atoms with Crippen LogP contribution >= 0.6 is 23.2 Å². The quantitative estimate of drug-likeness (QED) is 0.773. The van der Waals surface area contributed by atoms with Crippen molar-refractivity contribution in [3.8, 4) is 0 Å². The van der Waals surface area contributed by atoms with Gasteiger partial charge in [0.25, 0.3) is 0 Å². The molecule has 1 aliphatic heterocycles. The lowest BCUT2D eigenvalue weighted by atomic mass is 10.0. The smallest absolute Gasteiger partial charge is 0.0748 e. The maximum absolute atomic E-state index is 6.23. The van der Waals surface area contributed by atoms with Crippen LogP contribution in [-0.2, 0) is 0 Å². The first-order valence-corrected chi connectivity index (χ1v) is 6.36. The van der Waals surface area contributed by atoms with E-state index in [1.54, 1.807) is 12.1 Å². The van der Waals surface area contributed by atoms with Crippen LogP contribution < -0.4 is 10.6 Å². The number of nitrogen functional groups attached to an aromatic ring is 1. The van der Waals surface area contributed by atoms with Crippen molar-refractivity contribution >= 4 is 34.6 Å². The zero-order valence-corrected chi connectivity index (χ0v) is 10.9. The highest BCUT2D eigenvalue weighted by Crippen LogP contribution is 2.38. The lowest BCUT2D eigenvalue weighted by molar-refractivity contribution is 0.485. The number of halogens is 2. The van der Waals surface area contributed by atoms with Gasteiger partial charge < -0.3 is 10.6 Å². The van der Waals surface area contributed by atoms with E-state index in [-0.39, 0.29) is 0 Å². The van der Waals surface area contributed by atoms with Crippen LogP contribution in [0.15, 0.2) is 12.1 Å². The molecule has 1 atom stereocenters. The molecule has 2 N–H and O–H groups in total. The summed E-state index contributed by atoms with van der Waals surface area (Å²) < 4.78 is 0. The normalized spacial score (nSPS) is 21.2. The maximum atomic E-state index is 6.23. The minimum absolute atomic E-state index is 0.493. The molecule has 1 fully saturated rings. The Morgan fingerprint density at radius 2 is 1.88 bits per heavy atom. The monoisotopic (exact) mass is 258 g/mol. The molecular formula is C12H16Cl2N2. The Morgan fingerprint density at radius 3 is 2.44 bits per heavy atom. The van der Waals surface area contributed by atoms with Crippen molar-refractivity contribution in [2.24, 2.45) is 0 Å². The molecule has 1 aromatic rings. The van der Waals surface area contributed by atoms with Crippen molar-refractivity contribution in [3.63, 3.8) is 0 Å². The van der Waals surface area contributed by atoms with Gasteiger partial charge in [0.05, 0.1) is 15.7 Å². The lowest BCUT2D eigenvalue weighted by Crippen LogP contribution is -2.37. The van der Waals surface area contributed by atoms with Gasteiger partial charge in [0, 0.05) is 18.3 Å². The van der Waals surface area contributed by atoms with E-state index >= 15 is 0 Å². The van der Waals surface area contributed by atoms with Crippen LogP contribution in [0.2, 0.25) is 10.0 Å². The molecule has 1 aliphatic rings. The second kappa shape index (κ2) is 4.72. The van der Waals surface area contributed by atoms with Gasteiger partial charge in [-0.05, 0) is 38.3 Å². The van der Waals surface area contributed by atoms with Crippen molar-refractivity contribution in [1.82, 2.24) is 0 Å². The van der Waals surface area contributed by atoms with E-state index in [1.807, 2.05) is 0 Å². The van der Waals surface area contributed by atoms with Crippen LogP contribution in [0.4, 0.5) is 11.4 Å². The number of nitrogens with two attached hydrogens (primary N) is 1. The van der Waals surface area contributed by atoms with Gasteiger partial charge in [-0.2, -0.15) is 0 Å². The Morgan fingerprint density at radius 1 is 1.25 bits per heavy atom. The Labute approximate surface area is 106 Å². The van der Waals surface area contributed by atoms with Crippen LogP contribution in [0.3, 0.4) is 0 Å². The Balaban J connectivity index is 2.38. The van der Waals surface area contributed by atoms with Gasteiger partial charge >= 0.3 is 0 Å².